The quantitative estimate of drug-likeness (QED) is 0.785. The third-order valence-corrected chi connectivity index (χ3v) is 5.68. The molecule has 11 heteroatoms. The van der Waals surface area contributed by atoms with E-state index in [9.17, 15) is 35.5 Å². The van der Waals surface area contributed by atoms with Crippen LogP contribution in [-0.4, -0.2) is 31.5 Å². The molecule has 1 N–H and O–H groups in total. The highest BCUT2D eigenvalue weighted by Gasteiger charge is 2.44. The van der Waals surface area contributed by atoms with Crippen LogP contribution in [0, 0.1) is 0 Å². The Balaban J connectivity index is 2.37. The minimum Gasteiger partial charge on any atom is -0.504 e. The predicted octanol–water partition coefficient (Wildman–Crippen LogP) is 3.90. The largest absolute Gasteiger partial charge is 0.504 e. The summed E-state index contributed by atoms with van der Waals surface area (Å²) in [5.41, 5.74) is -2.92. The van der Waals surface area contributed by atoms with Gasteiger partial charge in [-0.2, -0.15) is 13.2 Å². The van der Waals surface area contributed by atoms with Crippen molar-refractivity contribution in [2.75, 3.05) is 10.8 Å². The Morgan fingerprint density at radius 3 is 2.41 bits per heavy atom. The Hall–Kier alpha value is -2.69. The van der Waals surface area contributed by atoms with Crippen molar-refractivity contribution < 1.29 is 35.5 Å². The SMILES string of the molecule is O=S1(=O)C(c2ccccc2C(F)(F)F)=C(O)c2ncccc2N1CC(F)F. The molecule has 0 fully saturated rings. The minimum atomic E-state index is -4.93. The highest BCUT2D eigenvalue weighted by atomic mass is 32.2. The van der Waals surface area contributed by atoms with Gasteiger partial charge in [0.25, 0.3) is 16.4 Å². The number of fused-ring (bicyclic) bond motifs is 1. The van der Waals surface area contributed by atoms with E-state index < -0.39 is 56.7 Å². The summed E-state index contributed by atoms with van der Waals surface area (Å²) < 4.78 is 92.0. The lowest BCUT2D eigenvalue weighted by Crippen LogP contribution is -2.39. The molecule has 0 saturated carbocycles. The lowest BCUT2D eigenvalue weighted by molar-refractivity contribution is -0.137. The van der Waals surface area contributed by atoms with Gasteiger partial charge in [-0.05, 0) is 18.2 Å². The molecule has 27 heavy (non-hydrogen) atoms. The van der Waals surface area contributed by atoms with Gasteiger partial charge in [0.05, 0.1) is 17.8 Å². The zero-order chi connectivity index (χ0) is 20.0. The molecule has 0 spiro atoms. The summed E-state index contributed by atoms with van der Waals surface area (Å²) in [5, 5.41) is 10.4. The average molecular weight is 406 g/mol. The van der Waals surface area contributed by atoms with Gasteiger partial charge in [-0.15, -0.1) is 0 Å². The third kappa shape index (κ3) is 3.22. The van der Waals surface area contributed by atoms with Gasteiger partial charge in [-0.25, -0.2) is 17.2 Å². The number of aromatic nitrogens is 1. The number of hydrogen-bond donors (Lipinski definition) is 1. The Bertz CT molecular complexity index is 1020. The molecule has 144 valence electrons. The maximum atomic E-state index is 13.3. The Kier molecular flexibility index (Phi) is 4.58. The summed E-state index contributed by atoms with van der Waals surface area (Å²) in [6, 6.07) is 6.06. The van der Waals surface area contributed by atoms with E-state index in [1.54, 1.807) is 0 Å². The number of sulfonamides is 1. The minimum absolute atomic E-state index is 0.252. The first-order chi connectivity index (χ1) is 12.5. The molecule has 0 aliphatic carbocycles. The van der Waals surface area contributed by atoms with Crippen LogP contribution < -0.4 is 4.31 Å². The van der Waals surface area contributed by atoms with Crippen molar-refractivity contribution >= 4 is 26.4 Å². The Morgan fingerprint density at radius 1 is 1.11 bits per heavy atom. The normalized spacial score (nSPS) is 16.6. The predicted molar refractivity (Wildman–Crippen MR) is 87.4 cm³/mol. The van der Waals surface area contributed by atoms with E-state index in [4.69, 9.17) is 0 Å². The lowest BCUT2D eigenvalue weighted by atomic mass is 10.0. The van der Waals surface area contributed by atoms with Gasteiger partial charge in [-0.3, -0.25) is 9.29 Å². The fourth-order valence-corrected chi connectivity index (χ4v) is 4.50. The molecule has 0 atom stereocenters. The maximum absolute atomic E-state index is 13.3. The number of rotatable bonds is 3. The van der Waals surface area contributed by atoms with Gasteiger partial charge in [0.15, 0.2) is 5.76 Å². The monoisotopic (exact) mass is 406 g/mol. The second kappa shape index (κ2) is 6.48. The van der Waals surface area contributed by atoms with Crippen molar-refractivity contribution in [2.45, 2.75) is 12.6 Å². The van der Waals surface area contributed by atoms with Gasteiger partial charge in [0.2, 0.25) is 0 Å². The van der Waals surface area contributed by atoms with E-state index >= 15 is 0 Å². The smallest absolute Gasteiger partial charge is 0.417 e. The van der Waals surface area contributed by atoms with Crippen molar-refractivity contribution in [2.24, 2.45) is 0 Å². The number of aliphatic hydroxyl groups excluding tert-OH is 1. The van der Waals surface area contributed by atoms with Crippen LogP contribution in [-0.2, 0) is 16.2 Å². The van der Waals surface area contributed by atoms with Crippen molar-refractivity contribution in [3.05, 3.63) is 59.4 Å². The van der Waals surface area contributed by atoms with Crippen LogP contribution in [0.25, 0.3) is 10.7 Å². The summed E-state index contributed by atoms with van der Waals surface area (Å²) >= 11 is 0. The van der Waals surface area contributed by atoms with Crippen molar-refractivity contribution in [3.63, 3.8) is 0 Å². The van der Waals surface area contributed by atoms with Crippen LogP contribution in [0.2, 0.25) is 0 Å². The maximum Gasteiger partial charge on any atom is 0.417 e. The van der Waals surface area contributed by atoms with Crippen LogP contribution >= 0.6 is 0 Å². The summed E-state index contributed by atoms with van der Waals surface area (Å²) in [5.74, 6) is -1.03. The molecule has 3 rings (SSSR count). The van der Waals surface area contributed by atoms with Gasteiger partial charge in [0.1, 0.15) is 10.6 Å². The summed E-state index contributed by atoms with van der Waals surface area (Å²) in [7, 11) is -4.91. The summed E-state index contributed by atoms with van der Waals surface area (Å²) in [6.07, 6.45) is -6.88. The first-order valence-electron chi connectivity index (χ1n) is 7.41. The molecule has 0 saturated heterocycles. The molecule has 2 heterocycles. The number of nitrogens with zero attached hydrogens (tertiary/aromatic N) is 2. The fourth-order valence-electron chi connectivity index (χ4n) is 2.77. The number of halogens is 5. The van der Waals surface area contributed by atoms with Crippen LogP contribution in [0.5, 0.6) is 0 Å². The number of hydrogen-bond acceptors (Lipinski definition) is 4. The summed E-state index contributed by atoms with van der Waals surface area (Å²) in [6.45, 7) is -1.30. The van der Waals surface area contributed by atoms with Crippen LogP contribution in [0.1, 0.15) is 16.8 Å². The van der Waals surface area contributed by atoms with Crippen molar-refractivity contribution in [1.82, 2.24) is 4.98 Å². The molecule has 0 bridgehead atoms. The molecule has 1 aromatic heterocycles. The highest BCUT2D eigenvalue weighted by Crippen LogP contribution is 2.45. The number of alkyl halides is 5. The molecule has 1 aromatic carbocycles. The van der Waals surface area contributed by atoms with E-state index in [0.29, 0.717) is 6.07 Å². The second-order valence-corrected chi connectivity index (χ2v) is 7.32. The number of aliphatic hydroxyl groups is 1. The number of benzene rings is 1. The third-order valence-electron chi connectivity index (χ3n) is 3.82. The zero-order valence-corrected chi connectivity index (χ0v) is 14.1. The van der Waals surface area contributed by atoms with Crippen molar-refractivity contribution in [1.29, 1.82) is 0 Å². The zero-order valence-electron chi connectivity index (χ0n) is 13.3. The molecule has 0 unspecified atom stereocenters. The molecule has 0 amide bonds. The highest BCUT2D eigenvalue weighted by molar-refractivity contribution is 8.02. The molecular formula is C16H11F5N2O3S. The second-order valence-electron chi connectivity index (χ2n) is 5.52. The lowest BCUT2D eigenvalue weighted by Gasteiger charge is -2.31. The van der Waals surface area contributed by atoms with E-state index in [-0.39, 0.29) is 9.99 Å². The van der Waals surface area contributed by atoms with Gasteiger partial charge in [-0.1, -0.05) is 18.2 Å². The van der Waals surface area contributed by atoms with E-state index in [2.05, 4.69) is 4.98 Å². The number of pyridine rings is 1. The van der Waals surface area contributed by atoms with Gasteiger partial charge >= 0.3 is 6.18 Å². The van der Waals surface area contributed by atoms with Crippen molar-refractivity contribution in [3.8, 4) is 0 Å². The molecule has 0 radical (unpaired) electrons. The molecule has 1 aliphatic heterocycles. The van der Waals surface area contributed by atoms with Gasteiger partial charge in [0, 0.05) is 11.8 Å². The topological polar surface area (TPSA) is 70.5 Å². The van der Waals surface area contributed by atoms with E-state index in [1.165, 1.54) is 6.07 Å². The van der Waals surface area contributed by atoms with Crippen LogP contribution in [0.3, 0.4) is 0 Å². The molecule has 2 aromatic rings. The first-order valence-corrected chi connectivity index (χ1v) is 8.85. The average Bonchev–Trinajstić information content (AvgIpc) is 2.58. The van der Waals surface area contributed by atoms with Crippen LogP contribution in [0.4, 0.5) is 27.6 Å². The van der Waals surface area contributed by atoms with E-state index in [1.807, 2.05) is 0 Å². The number of anilines is 1. The standard InChI is InChI=1S/C16H11F5N2O3S/c17-12(18)8-23-11-6-3-7-22-13(11)14(24)15(27(23,25)26)9-4-1-2-5-10(9)16(19,20)21/h1-7,12,24H,8H2. The molecular weight excluding hydrogens is 395 g/mol. The van der Waals surface area contributed by atoms with E-state index in [0.717, 1.165) is 30.5 Å². The summed E-state index contributed by atoms with van der Waals surface area (Å²) in [4.78, 5) is 2.63. The van der Waals surface area contributed by atoms with Gasteiger partial charge < -0.3 is 5.11 Å². The Labute approximate surface area is 150 Å². The van der Waals surface area contributed by atoms with Crippen LogP contribution in [0.15, 0.2) is 42.6 Å². The first kappa shape index (κ1) is 19.1. The fraction of sp³-hybridized carbons (Fsp3) is 0.188. The molecule has 5 nitrogen and oxygen atoms in total. The molecule has 1 aliphatic rings. The Morgan fingerprint density at radius 2 is 1.78 bits per heavy atom.